The van der Waals surface area contributed by atoms with Gasteiger partial charge in [-0.15, -0.1) is 0 Å². The lowest BCUT2D eigenvalue weighted by atomic mass is 10.1. The Bertz CT molecular complexity index is 581. The average Bonchev–Trinajstić information content (AvgIpc) is 2.81. The Labute approximate surface area is 133 Å². The summed E-state index contributed by atoms with van der Waals surface area (Å²) in [4.78, 5) is 25.5. The number of hydrogen-bond acceptors (Lipinski definition) is 3. The first-order valence-electron chi connectivity index (χ1n) is 7.59. The highest BCUT2D eigenvalue weighted by atomic mass is 32.2. The normalized spacial score (nSPS) is 25.7. The molecule has 2 unspecified atom stereocenters. The number of benzene rings is 1. The molecule has 2 saturated heterocycles. The highest BCUT2D eigenvalue weighted by molar-refractivity contribution is 7.99. The van der Waals surface area contributed by atoms with Gasteiger partial charge >= 0.3 is 0 Å². The lowest BCUT2D eigenvalue weighted by Crippen LogP contribution is -2.45. The molecule has 2 amide bonds. The van der Waals surface area contributed by atoms with Crippen molar-refractivity contribution in [2.24, 2.45) is 0 Å². The van der Waals surface area contributed by atoms with Crippen molar-refractivity contribution < 1.29 is 14.0 Å². The lowest BCUT2D eigenvalue weighted by Gasteiger charge is -2.23. The van der Waals surface area contributed by atoms with Crippen LogP contribution in [0.3, 0.4) is 0 Å². The summed E-state index contributed by atoms with van der Waals surface area (Å²) in [5, 5.41) is 2.81. The molecule has 4 nitrogen and oxygen atoms in total. The first-order valence-corrected chi connectivity index (χ1v) is 8.64. The van der Waals surface area contributed by atoms with Crippen LogP contribution in [0.15, 0.2) is 24.3 Å². The molecule has 1 aromatic carbocycles. The quantitative estimate of drug-likeness (QED) is 0.907. The summed E-state index contributed by atoms with van der Waals surface area (Å²) in [5.41, 5.74) is 0.718. The second-order valence-corrected chi connectivity index (χ2v) is 6.96. The van der Waals surface area contributed by atoms with Gasteiger partial charge in [-0.05, 0) is 18.9 Å². The number of hydrogen-bond donors (Lipinski definition) is 1. The second-order valence-electron chi connectivity index (χ2n) is 5.65. The van der Waals surface area contributed by atoms with Crippen molar-refractivity contribution >= 4 is 23.6 Å². The van der Waals surface area contributed by atoms with Gasteiger partial charge in [-0.3, -0.25) is 9.59 Å². The van der Waals surface area contributed by atoms with Crippen LogP contribution in [0.4, 0.5) is 4.39 Å². The third-order valence-electron chi connectivity index (χ3n) is 4.20. The molecule has 0 saturated carbocycles. The van der Waals surface area contributed by atoms with Crippen LogP contribution in [-0.4, -0.2) is 41.6 Å². The fourth-order valence-corrected chi connectivity index (χ4v) is 4.25. The summed E-state index contributed by atoms with van der Waals surface area (Å²) in [5.74, 6) is 0.557. The number of rotatable bonds is 2. The first kappa shape index (κ1) is 15.3. The van der Waals surface area contributed by atoms with Crippen molar-refractivity contribution in [3.63, 3.8) is 0 Å². The van der Waals surface area contributed by atoms with Crippen molar-refractivity contribution in [1.82, 2.24) is 10.2 Å². The number of amides is 2. The molecule has 0 aromatic heterocycles. The lowest BCUT2D eigenvalue weighted by molar-refractivity contribution is -0.134. The van der Waals surface area contributed by atoms with Gasteiger partial charge < -0.3 is 10.2 Å². The molecule has 2 heterocycles. The van der Waals surface area contributed by atoms with Crippen LogP contribution in [0.5, 0.6) is 0 Å². The Kier molecular flexibility index (Phi) is 4.66. The highest BCUT2D eigenvalue weighted by Crippen LogP contribution is 2.35. The summed E-state index contributed by atoms with van der Waals surface area (Å²) < 4.78 is 13.9. The third kappa shape index (κ3) is 3.27. The molecule has 1 N–H and O–H groups in total. The van der Waals surface area contributed by atoms with Gasteiger partial charge in [0.1, 0.15) is 11.9 Å². The molecule has 2 aliphatic heterocycles. The number of nitrogens with one attached hydrogen (secondary N) is 1. The summed E-state index contributed by atoms with van der Waals surface area (Å²) in [6, 6.07) is 6.47. The van der Waals surface area contributed by atoms with E-state index in [9.17, 15) is 14.0 Å². The maximum absolute atomic E-state index is 13.9. The zero-order valence-electron chi connectivity index (χ0n) is 12.3. The fourth-order valence-electron chi connectivity index (χ4n) is 2.99. The zero-order valence-corrected chi connectivity index (χ0v) is 13.1. The molecule has 0 radical (unpaired) electrons. The molecular formula is C16H19FN2O2S. The maximum atomic E-state index is 13.9. The second kappa shape index (κ2) is 6.69. The molecule has 0 aliphatic carbocycles. The molecular weight excluding hydrogens is 303 g/mol. The van der Waals surface area contributed by atoms with Gasteiger partial charge in [0.15, 0.2) is 0 Å². The van der Waals surface area contributed by atoms with Gasteiger partial charge in [0.25, 0.3) is 0 Å². The molecule has 118 valence electrons. The van der Waals surface area contributed by atoms with Crippen LogP contribution in [0.1, 0.15) is 30.1 Å². The number of nitrogens with zero attached hydrogens (tertiary/aromatic N) is 1. The van der Waals surface area contributed by atoms with Crippen LogP contribution in [0.2, 0.25) is 0 Å². The van der Waals surface area contributed by atoms with Crippen LogP contribution in [0.25, 0.3) is 0 Å². The van der Waals surface area contributed by atoms with Crippen molar-refractivity contribution in [2.75, 3.05) is 18.8 Å². The summed E-state index contributed by atoms with van der Waals surface area (Å²) in [6.07, 6.45) is 1.74. The zero-order chi connectivity index (χ0) is 15.5. The maximum Gasteiger partial charge on any atom is 0.245 e. The fraction of sp³-hybridized carbons (Fsp3) is 0.500. The molecule has 1 aromatic rings. The molecule has 2 fully saturated rings. The predicted molar refractivity (Wildman–Crippen MR) is 84.0 cm³/mol. The van der Waals surface area contributed by atoms with Crippen molar-refractivity contribution in [2.45, 2.75) is 30.6 Å². The van der Waals surface area contributed by atoms with Crippen molar-refractivity contribution in [1.29, 1.82) is 0 Å². The van der Waals surface area contributed by atoms with E-state index in [0.29, 0.717) is 25.9 Å². The van der Waals surface area contributed by atoms with E-state index in [1.165, 1.54) is 6.07 Å². The van der Waals surface area contributed by atoms with E-state index in [4.69, 9.17) is 0 Å². The van der Waals surface area contributed by atoms with Crippen molar-refractivity contribution in [3.8, 4) is 0 Å². The van der Waals surface area contributed by atoms with Crippen LogP contribution >= 0.6 is 11.8 Å². The Morgan fingerprint density at radius 1 is 1.27 bits per heavy atom. The van der Waals surface area contributed by atoms with Gasteiger partial charge in [0, 0.05) is 36.1 Å². The van der Waals surface area contributed by atoms with Crippen LogP contribution in [-0.2, 0) is 9.59 Å². The summed E-state index contributed by atoms with van der Waals surface area (Å²) in [6.45, 7) is 1.26. The van der Waals surface area contributed by atoms with E-state index in [1.807, 2.05) is 17.0 Å². The molecule has 6 heteroatoms. The standard InChI is InChI=1S/C16H19FN2O2S/c17-12-4-2-1-3-11(12)14-7-8-19(9-10-22-14)16(21)13-5-6-15(20)18-13/h1-4,13-14H,5-10H2,(H,18,20). The molecule has 22 heavy (non-hydrogen) atoms. The van der Waals surface area contributed by atoms with Gasteiger partial charge in [0.2, 0.25) is 11.8 Å². The Morgan fingerprint density at radius 2 is 2.09 bits per heavy atom. The Balaban J connectivity index is 1.64. The smallest absolute Gasteiger partial charge is 0.245 e. The molecule has 3 rings (SSSR count). The van der Waals surface area contributed by atoms with Gasteiger partial charge in [-0.25, -0.2) is 4.39 Å². The van der Waals surface area contributed by atoms with Crippen molar-refractivity contribution in [3.05, 3.63) is 35.6 Å². The van der Waals surface area contributed by atoms with E-state index >= 15 is 0 Å². The number of carbonyl (C=O) groups is 2. The van der Waals surface area contributed by atoms with E-state index < -0.39 is 0 Å². The summed E-state index contributed by atoms with van der Waals surface area (Å²) in [7, 11) is 0. The highest BCUT2D eigenvalue weighted by Gasteiger charge is 2.32. The molecule has 2 aliphatic rings. The number of carbonyl (C=O) groups excluding carboxylic acids is 2. The minimum Gasteiger partial charge on any atom is -0.344 e. The first-order chi connectivity index (χ1) is 10.6. The Morgan fingerprint density at radius 3 is 2.82 bits per heavy atom. The SMILES string of the molecule is O=C1CCC(C(=O)N2CCSC(c3ccccc3F)CC2)N1. The average molecular weight is 322 g/mol. The minimum absolute atomic E-state index is 0.000587. The van der Waals surface area contributed by atoms with Crippen LogP contribution in [0, 0.1) is 5.82 Å². The number of halogens is 1. The van der Waals surface area contributed by atoms with Gasteiger partial charge in [0.05, 0.1) is 0 Å². The largest absolute Gasteiger partial charge is 0.344 e. The number of thioether (sulfide) groups is 1. The monoisotopic (exact) mass is 322 g/mol. The van der Waals surface area contributed by atoms with Crippen LogP contribution < -0.4 is 5.32 Å². The third-order valence-corrected chi connectivity index (χ3v) is 5.51. The Hall–Kier alpha value is -1.56. The van der Waals surface area contributed by atoms with E-state index in [1.54, 1.807) is 17.8 Å². The molecule has 2 atom stereocenters. The topological polar surface area (TPSA) is 49.4 Å². The molecule has 0 bridgehead atoms. The molecule has 0 spiro atoms. The van der Waals surface area contributed by atoms with E-state index in [2.05, 4.69) is 5.32 Å². The van der Waals surface area contributed by atoms with Gasteiger partial charge in [-0.2, -0.15) is 11.8 Å². The predicted octanol–water partition coefficient (Wildman–Crippen LogP) is 2.11. The van der Waals surface area contributed by atoms with Gasteiger partial charge in [-0.1, -0.05) is 18.2 Å². The summed E-state index contributed by atoms with van der Waals surface area (Å²) >= 11 is 1.69. The van der Waals surface area contributed by atoms with E-state index in [-0.39, 0.29) is 28.9 Å². The van der Waals surface area contributed by atoms with E-state index in [0.717, 1.165) is 17.7 Å². The minimum atomic E-state index is -0.373.